The summed E-state index contributed by atoms with van der Waals surface area (Å²) in [5.74, 6) is 0.376. The van der Waals surface area contributed by atoms with Crippen LogP contribution in [0, 0.1) is 11.7 Å². The van der Waals surface area contributed by atoms with E-state index in [9.17, 15) is 14.0 Å². The number of carbonyl (C=O) groups excluding carboxylic acids is 1. The maximum Gasteiger partial charge on any atom is 0.254 e. The molecule has 0 bridgehead atoms. The zero-order valence-corrected chi connectivity index (χ0v) is 17.0. The number of thioether (sulfide) groups is 1. The highest BCUT2D eigenvalue weighted by molar-refractivity contribution is 7.99. The van der Waals surface area contributed by atoms with Gasteiger partial charge >= 0.3 is 0 Å². The molecule has 0 saturated heterocycles. The van der Waals surface area contributed by atoms with Gasteiger partial charge in [-0.25, -0.2) is 9.37 Å². The van der Waals surface area contributed by atoms with E-state index in [1.165, 1.54) is 36.0 Å². The van der Waals surface area contributed by atoms with E-state index in [1.807, 2.05) is 20.8 Å². The number of benzene rings is 1. The van der Waals surface area contributed by atoms with Crippen LogP contribution in [0.3, 0.4) is 0 Å². The van der Waals surface area contributed by atoms with E-state index in [4.69, 9.17) is 4.74 Å². The zero-order valence-electron chi connectivity index (χ0n) is 16.2. The van der Waals surface area contributed by atoms with E-state index in [0.717, 1.165) is 5.69 Å². The number of fused-ring (bicyclic) bond motifs is 1. The lowest BCUT2D eigenvalue weighted by Crippen LogP contribution is -2.41. The summed E-state index contributed by atoms with van der Waals surface area (Å²) in [6, 6.07) is 7.28. The monoisotopic (exact) mass is 405 g/mol. The van der Waals surface area contributed by atoms with Crippen molar-refractivity contribution in [3.63, 3.8) is 0 Å². The minimum Gasteiger partial charge on any atom is -0.492 e. The highest BCUT2D eigenvalue weighted by Gasteiger charge is 2.28. The van der Waals surface area contributed by atoms with E-state index in [0.29, 0.717) is 29.7 Å². The number of amides is 1. The molecule has 0 spiro atoms. The average Bonchev–Trinajstić information content (AvgIpc) is 2.65. The Morgan fingerprint density at radius 2 is 2.07 bits per heavy atom. The molecule has 0 fully saturated rings. The fourth-order valence-corrected chi connectivity index (χ4v) is 3.86. The number of halogens is 1. The second kappa shape index (κ2) is 8.34. The molecule has 1 aromatic carbocycles. The summed E-state index contributed by atoms with van der Waals surface area (Å²) in [5.41, 5.74) is 0.435. The molecule has 0 radical (unpaired) electrons. The fourth-order valence-electron chi connectivity index (χ4n) is 2.77. The van der Waals surface area contributed by atoms with Gasteiger partial charge in [-0.2, -0.15) is 0 Å². The van der Waals surface area contributed by atoms with Gasteiger partial charge in [0.05, 0.1) is 18.2 Å². The van der Waals surface area contributed by atoms with E-state index in [2.05, 4.69) is 10.3 Å². The number of nitrogens with one attached hydrogen (secondary N) is 1. The number of carbonyl (C=O) groups is 1. The Hall–Kier alpha value is -2.35. The lowest BCUT2D eigenvalue weighted by molar-refractivity contribution is -0.125. The SMILES string of the molecule is CC(C)(C)c1cc(=O)n2c(n1)SCC(C(=O)NCCOc1ccc(F)cc1)C2. The average molecular weight is 405 g/mol. The second-order valence-corrected chi connectivity index (χ2v) is 8.71. The lowest BCUT2D eigenvalue weighted by Gasteiger charge is -2.26. The van der Waals surface area contributed by atoms with Crippen molar-refractivity contribution in [2.24, 2.45) is 5.92 Å². The van der Waals surface area contributed by atoms with Crippen LogP contribution in [0.5, 0.6) is 5.75 Å². The Morgan fingerprint density at radius 1 is 1.36 bits per heavy atom. The summed E-state index contributed by atoms with van der Waals surface area (Å²) < 4.78 is 19.9. The first-order valence-electron chi connectivity index (χ1n) is 9.15. The Balaban J connectivity index is 1.54. The van der Waals surface area contributed by atoms with Gasteiger partial charge in [-0.15, -0.1) is 0 Å². The Bertz CT molecular complexity index is 906. The molecular formula is C20H24FN3O3S. The van der Waals surface area contributed by atoms with E-state index in [-0.39, 0.29) is 35.2 Å². The number of aromatic nitrogens is 2. The van der Waals surface area contributed by atoms with Crippen LogP contribution in [-0.4, -0.2) is 34.4 Å². The van der Waals surface area contributed by atoms with Crippen molar-refractivity contribution in [2.45, 2.75) is 37.9 Å². The summed E-state index contributed by atoms with van der Waals surface area (Å²) in [6.45, 7) is 6.99. The molecule has 1 atom stereocenters. The molecule has 1 unspecified atom stereocenters. The molecule has 3 rings (SSSR count). The molecule has 2 aromatic rings. The number of hydrogen-bond acceptors (Lipinski definition) is 5. The van der Waals surface area contributed by atoms with Gasteiger partial charge in [-0.05, 0) is 24.3 Å². The highest BCUT2D eigenvalue weighted by Crippen LogP contribution is 2.27. The van der Waals surface area contributed by atoms with Crippen molar-refractivity contribution in [2.75, 3.05) is 18.9 Å². The van der Waals surface area contributed by atoms with Crippen molar-refractivity contribution >= 4 is 17.7 Å². The van der Waals surface area contributed by atoms with E-state index in [1.54, 1.807) is 10.6 Å². The predicted molar refractivity (Wildman–Crippen MR) is 106 cm³/mol. The van der Waals surface area contributed by atoms with Gasteiger partial charge in [0.1, 0.15) is 18.2 Å². The maximum atomic E-state index is 12.9. The van der Waals surface area contributed by atoms with Crippen molar-refractivity contribution < 1.29 is 13.9 Å². The molecular weight excluding hydrogens is 381 g/mol. The largest absolute Gasteiger partial charge is 0.492 e. The van der Waals surface area contributed by atoms with Gasteiger partial charge in [0.15, 0.2) is 5.16 Å². The molecule has 1 aliphatic rings. The zero-order chi connectivity index (χ0) is 20.3. The Kier molecular flexibility index (Phi) is 6.07. The van der Waals surface area contributed by atoms with Crippen LogP contribution in [0.2, 0.25) is 0 Å². The standard InChI is InChI=1S/C20H24FN3O3S/c1-20(2,3)16-10-17(25)24-11-13(12-28-19(24)23-16)18(26)22-8-9-27-15-6-4-14(21)5-7-15/h4-7,10,13H,8-9,11-12H2,1-3H3,(H,22,26). The smallest absolute Gasteiger partial charge is 0.254 e. The maximum absolute atomic E-state index is 12.9. The normalized spacial score (nSPS) is 16.4. The van der Waals surface area contributed by atoms with Crippen molar-refractivity contribution in [1.82, 2.24) is 14.9 Å². The highest BCUT2D eigenvalue weighted by atomic mass is 32.2. The third-order valence-electron chi connectivity index (χ3n) is 4.41. The first-order chi connectivity index (χ1) is 13.2. The van der Waals surface area contributed by atoms with Crippen LogP contribution in [0.4, 0.5) is 4.39 Å². The van der Waals surface area contributed by atoms with Gasteiger partial charge in [-0.1, -0.05) is 32.5 Å². The summed E-state index contributed by atoms with van der Waals surface area (Å²) in [6.07, 6.45) is 0. The van der Waals surface area contributed by atoms with E-state index >= 15 is 0 Å². The fraction of sp³-hybridized carbons (Fsp3) is 0.450. The number of ether oxygens (including phenoxy) is 1. The predicted octanol–water partition coefficient (Wildman–Crippen LogP) is 2.60. The van der Waals surface area contributed by atoms with Gasteiger partial charge in [-0.3, -0.25) is 14.2 Å². The van der Waals surface area contributed by atoms with Crippen LogP contribution in [-0.2, 0) is 16.8 Å². The number of hydrogen-bond donors (Lipinski definition) is 1. The second-order valence-electron chi connectivity index (χ2n) is 7.72. The topological polar surface area (TPSA) is 73.2 Å². The van der Waals surface area contributed by atoms with Gasteiger partial charge in [0.2, 0.25) is 5.91 Å². The van der Waals surface area contributed by atoms with Crippen molar-refractivity contribution in [3.8, 4) is 5.75 Å². The molecule has 150 valence electrons. The molecule has 28 heavy (non-hydrogen) atoms. The number of rotatable bonds is 5. The summed E-state index contributed by atoms with van der Waals surface area (Å²) in [4.78, 5) is 29.5. The van der Waals surface area contributed by atoms with Crippen molar-refractivity contribution in [3.05, 3.63) is 52.2 Å². The molecule has 0 saturated carbocycles. The lowest BCUT2D eigenvalue weighted by atomic mass is 9.92. The summed E-state index contributed by atoms with van der Waals surface area (Å²) in [7, 11) is 0. The molecule has 2 heterocycles. The van der Waals surface area contributed by atoms with E-state index < -0.39 is 0 Å². The molecule has 8 heteroatoms. The quantitative estimate of drug-likeness (QED) is 0.612. The molecule has 1 aliphatic heterocycles. The van der Waals surface area contributed by atoms with Crippen LogP contribution < -0.4 is 15.6 Å². The molecule has 1 N–H and O–H groups in total. The summed E-state index contributed by atoms with van der Waals surface area (Å²) >= 11 is 1.43. The number of nitrogens with zero attached hydrogens (tertiary/aromatic N) is 2. The molecule has 1 amide bonds. The Labute approximate surface area is 167 Å². The first kappa shape index (κ1) is 20.4. The first-order valence-corrected chi connectivity index (χ1v) is 10.1. The van der Waals surface area contributed by atoms with Crippen LogP contribution in [0.25, 0.3) is 0 Å². The van der Waals surface area contributed by atoms with Crippen molar-refractivity contribution in [1.29, 1.82) is 0 Å². The summed E-state index contributed by atoms with van der Waals surface area (Å²) in [5, 5.41) is 3.50. The molecule has 1 aromatic heterocycles. The molecule has 0 aliphatic carbocycles. The van der Waals surface area contributed by atoms with Crippen LogP contribution >= 0.6 is 11.8 Å². The molecule has 6 nitrogen and oxygen atoms in total. The van der Waals surface area contributed by atoms with Crippen LogP contribution in [0.15, 0.2) is 40.3 Å². The van der Waals surface area contributed by atoms with Crippen LogP contribution in [0.1, 0.15) is 26.5 Å². The minimum atomic E-state index is -0.324. The third-order valence-corrected chi connectivity index (χ3v) is 5.55. The van der Waals surface area contributed by atoms with Gasteiger partial charge < -0.3 is 10.1 Å². The van der Waals surface area contributed by atoms with Gasteiger partial charge in [0, 0.05) is 23.8 Å². The minimum absolute atomic E-state index is 0.118. The van der Waals surface area contributed by atoms with Gasteiger partial charge in [0.25, 0.3) is 5.56 Å². The third kappa shape index (κ3) is 4.92. The Morgan fingerprint density at radius 3 is 2.75 bits per heavy atom.